The first kappa shape index (κ1) is 30.3. The molecule has 0 bridgehead atoms. The Bertz CT molecular complexity index is 2960. The predicted molar refractivity (Wildman–Crippen MR) is 224 cm³/mol. The number of hydrogen-bond donors (Lipinski definition) is 0. The molecule has 0 N–H and O–H groups in total. The van der Waals surface area contributed by atoms with Crippen LogP contribution in [0.3, 0.4) is 0 Å². The van der Waals surface area contributed by atoms with Crippen LogP contribution in [0.5, 0.6) is 0 Å². The lowest BCUT2D eigenvalue weighted by Gasteiger charge is -2.15. The molecule has 0 spiro atoms. The van der Waals surface area contributed by atoms with Gasteiger partial charge in [-0.1, -0.05) is 115 Å². The summed E-state index contributed by atoms with van der Waals surface area (Å²) in [6, 6.07) is 56.8. The Hall–Kier alpha value is -6.56. The van der Waals surface area contributed by atoms with Crippen LogP contribution in [0.2, 0.25) is 0 Å². The molecular weight excluding hydrogens is 653 g/mol. The van der Waals surface area contributed by atoms with Crippen molar-refractivity contribution in [3.05, 3.63) is 163 Å². The van der Waals surface area contributed by atoms with Crippen LogP contribution < -0.4 is 0 Å². The van der Waals surface area contributed by atoms with Crippen LogP contribution >= 0.6 is 11.3 Å². The third-order valence-electron chi connectivity index (χ3n) is 10.2. The highest BCUT2D eigenvalue weighted by Gasteiger charge is 2.28. The number of aliphatic imine (C=N–C) groups is 2. The summed E-state index contributed by atoms with van der Waals surface area (Å²) in [5, 5.41) is 5.98. The van der Waals surface area contributed by atoms with E-state index in [0.717, 1.165) is 43.9 Å². The van der Waals surface area contributed by atoms with E-state index in [1.807, 2.05) is 11.3 Å². The van der Waals surface area contributed by atoms with Gasteiger partial charge in [0.2, 0.25) is 0 Å². The van der Waals surface area contributed by atoms with Crippen LogP contribution in [-0.2, 0) is 0 Å². The van der Waals surface area contributed by atoms with E-state index in [4.69, 9.17) is 4.99 Å². The molecule has 3 heterocycles. The van der Waals surface area contributed by atoms with Gasteiger partial charge in [0.15, 0.2) is 0 Å². The lowest BCUT2D eigenvalue weighted by molar-refractivity contribution is 1.18. The Morgan fingerprint density at radius 1 is 0.519 bits per heavy atom. The summed E-state index contributed by atoms with van der Waals surface area (Å²) in [6.45, 7) is 5.88. The quantitative estimate of drug-likeness (QED) is 0.123. The molecule has 246 valence electrons. The summed E-state index contributed by atoms with van der Waals surface area (Å²) in [7, 11) is 0. The van der Waals surface area contributed by atoms with Crippen LogP contribution in [-0.4, -0.2) is 22.2 Å². The molecule has 3 aromatic heterocycles. The highest BCUT2D eigenvalue weighted by molar-refractivity contribution is 7.21. The Morgan fingerprint density at radius 3 is 1.62 bits per heavy atom. The van der Waals surface area contributed by atoms with Crippen molar-refractivity contribution in [2.75, 3.05) is 0 Å². The van der Waals surface area contributed by atoms with Crippen molar-refractivity contribution in [2.45, 2.75) is 6.92 Å². The van der Waals surface area contributed by atoms with Crippen molar-refractivity contribution in [1.82, 2.24) is 9.13 Å². The van der Waals surface area contributed by atoms with E-state index in [0.29, 0.717) is 0 Å². The molecular formula is C47H32N4S. The van der Waals surface area contributed by atoms with Crippen molar-refractivity contribution < 1.29 is 0 Å². The SMILES string of the molecule is C=NC=Nc1c(C)sc2c1c1c(c3ccccc3n1-c1ccccc1)c1c2c2ccccc2n1-c1cc(-c2ccccc2)cc(-c2ccccc2)c1. The Balaban J connectivity index is 1.47. The maximum Gasteiger partial charge on any atom is 0.115 e. The van der Waals surface area contributed by atoms with Gasteiger partial charge in [-0.15, -0.1) is 11.3 Å². The normalized spacial score (nSPS) is 11.9. The minimum atomic E-state index is 0.938. The van der Waals surface area contributed by atoms with Crippen molar-refractivity contribution in [2.24, 2.45) is 9.98 Å². The molecule has 0 radical (unpaired) electrons. The van der Waals surface area contributed by atoms with Crippen molar-refractivity contribution in [3.63, 3.8) is 0 Å². The predicted octanol–water partition coefficient (Wildman–Crippen LogP) is 13.1. The third kappa shape index (κ3) is 4.53. The number of benzene rings is 7. The number of thiophene rings is 1. The smallest absolute Gasteiger partial charge is 0.115 e. The van der Waals surface area contributed by atoms with Gasteiger partial charge >= 0.3 is 0 Å². The van der Waals surface area contributed by atoms with Gasteiger partial charge in [0.05, 0.1) is 27.8 Å². The van der Waals surface area contributed by atoms with Gasteiger partial charge in [-0.2, -0.15) is 0 Å². The second-order valence-electron chi connectivity index (χ2n) is 13.1. The molecule has 4 nitrogen and oxygen atoms in total. The first-order chi connectivity index (χ1) is 25.7. The summed E-state index contributed by atoms with van der Waals surface area (Å²) in [5.74, 6) is 0. The average Bonchev–Trinajstić information content (AvgIpc) is 3.84. The summed E-state index contributed by atoms with van der Waals surface area (Å²) in [6.07, 6.45) is 1.57. The van der Waals surface area contributed by atoms with Crippen LogP contribution in [0, 0.1) is 6.92 Å². The molecule has 0 aliphatic carbocycles. The molecule has 10 rings (SSSR count). The lowest BCUT2D eigenvalue weighted by atomic mass is 9.98. The minimum Gasteiger partial charge on any atom is -0.308 e. The molecule has 0 atom stereocenters. The molecule has 10 aromatic rings. The maximum atomic E-state index is 4.95. The van der Waals surface area contributed by atoms with E-state index in [9.17, 15) is 0 Å². The molecule has 0 unspecified atom stereocenters. The largest absolute Gasteiger partial charge is 0.308 e. The second kappa shape index (κ2) is 12.0. The molecule has 7 aromatic carbocycles. The van der Waals surface area contributed by atoms with Gasteiger partial charge in [0, 0.05) is 47.9 Å². The number of aryl methyl sites for hydroxylation is 1. The van der Waals surface area contributed by atoms with Crippen molar-refractivity contribution in [1.29, 1.82) is 0 Å². The summed E-state index contributed by atoms with van der Waals surface area (Å²) in [4.78, 5) is 10.1. The summed E-state index contributed by atoms with van der Waals surface area (Å²) >= 11 is 1.81. The molecule has 0 saturated carbocycles. The topological polar surface area (TPSA) is 34.6 Å². The fraction of sp³-hybridized carbons (Fsp3) is 0.0213. The van der Waals surface area contributed by atoms with Gasteiger partial charge in [0.1, 0.15) is 6.34 Å². The third-order valence-corrected chi connectivity index (χ3v) is 11.3. The van der Waals surface area contributed by atoms with Crippen molar-refractivity contribution >= 4 is 83.8 Å². The Morgan fingerprint density at radius 2 is 1.02 bits per heavy atom. The Labute approximate surface area is 304 Å². The fourth-order valence-electron chi connectivity index (χ4n) is 8.06. The first-order valence-electron chi connectivity index (χ1n) is 17.4. The number of para-hydroxylation sites is 3. The highest BCUT2D eigenvalue weighted by atomic mass is 32.1. The Kier molecular flexibility index (Phi) is 7.01. The number of hydrogen-bond acceptors (Lipinski definition) is 2. The summed E-state index contributed by atoms with van der Waals surface area (Å²) < 4.78 is 6.15. The molecule has 0 aliphatic rings. The molecule has 52 heavy (non-hydrogen) atoms. The first-order valence-corrected chi connectivity index (χ1v) is 18.2. The van der Waals surface area contributed by atoms with Crippen LogP contribution in [0.1, 0.15) is 4.88 Å². The minimum absolute atomic E-state index is 0.938. The second-order valence-corrected chi connectivity index (χ2v) is 14.4. The van der Waals surface area contributed by atoms with E-state index in [-0.39, 0.29) is 0 Å². The van der Waals surface area contributed by atoms with Gasteiger partial charge < -0.3 is 9.13 Å². The molecule has 0 amide bonds. The fourth-order valence-corrected chi connectivity index (χ4v) is 9.22. The highest BCUT2D eigenvalue weighted by Crippen LogP contribution is 2.52. The van der Waals surface area contributed by atoms with E-state index < -0.39 is 0 Å². The molecule has 5 heteroatoms. The zero-order chi connectivity index (χ0) is 34.8. The monoisotopic (exact) mass is 684 g/mol. The number of nitrogens with zero attached hydrogens (tertiary/aromatic N) is 4. The zero-order valence-electron chi connectivity index (χ0n) is 28.5. The van der Waals surface area contributed by atoms with Gasteiger partial charge in [-0.05, 0) is 78.4 Å². The van der Waals surface area contributed by atoms with Gasteiger partial charge in [-0.3, -0.25) is 4.99 Å². The summed E-state index contributed by atoms with van der Waals surface area (Å²) in [5.41, 5.74) is 12.5. The van der Waals surface area contributed by atoms with E-state index in [1.54, 1.807) is 6.34 Å². The standard InChI is InChI=1S/C47H32N4S/c1-30-44(49-29-48-2)43-46-41(37-22-12-14-24-39(37)50(46)35-20-10-5-11-21-35)45-42(47(43)52-30)38-23-13-15-25-40(38)51(45)36-27-33(31-16-6-3-7-17-31)26-34(28-36)32-18-8-4-9-19-32/h3-29H,2H2,1H3. The van der Waals surface area contributed by atoms with Crippen LogP contribution in [0.25, 0.3) is 87.3 Å². The average molecular weight is 685 g/mol. The zero-order valence-corrected chi connectivity index (χ0v) is 29.3. The van der Waals surface area contributed by atoms with Gasteiger partial charge in [0.25, 0.3) is 0 Å². The number of fused-ring (bicyclic) bond motifs is 10. The van der Waals surface area contributed by atoms with E-state index in [1.165, 1.54) is 54.0 Å². The number of rotatable bonds is 6. The molecule has 0 aliphatic heterocycles. The maximum absolute atomic E-state index is 4.95. The van der Waals surface area contributed by atoms with E-state index in [2.05, 4.69) is 185 Å². The van der Waals surface area contributed by atoms with Gasteiger partial charge in [-0.25, -0.2) is 4.99 Å². The van der Waals surface area contributed by atoms with Crippen LogP contribution in [0.4, 0.5) is 5.69 Å². The molecule has 0 fully saturated rings. The molecule has 0 saturated heterocycles. The van der Waals surface area contributed by atoms with Crippen molar-refractivity contribution in [3.8, 4) is 33.6 Å². The van der Waals surface area contributed by atoms with E-state index >= 15 is 0 Å². The van der Waals surface area contributed by atoms with Crippen LogP contribution in [0.15, 0.2) is 168 Å². The lowest BCUT2D eigenvalue weighted by Crippen LogP contribution is -1.97. The number of aromatic nitrogens is 2.